The fourth-order valence-corrected chi connectivity index (χ4v) is 1.54. The predicted molar refractivity (Wildman–Crippen MR) is 56.5 cm³/mol. The highest BCUT2D eigenvalue weighted by atomic mass is 32.3. The van der Waals surface area contributed by atoms with Crippen molar-refractivity contribution in [2.24, 2.45) is 0 Å². The first-order valence-electron chi connectivity index (χ1n) is 4.10. The van der Waals surface area contributed by atoms with Crippen LogP contribution in [0.25, 0.3) is 0 Å². The molecule has 0 rings (SSSR count). The SMILES string of the molecule is CCCN(CSC)C(=O)NOS(=O)(=O)O. The van der Waals surface area contributed by atoms with E-state index >= 15 is 0 Å². The molecule has 0 aromatic carbocycles. The van der Waals surface area contributed by atoms with E-state index in [0.717, 1.165) is 6.42 Å². The average molecular weight is 258 g/mol. The Morgan fingerprint density at radius 1 is 1.60 bits per heavy atom. The summed E-state index contributed by atoms with van der Waals surface area (Å²) in [6.07, 6.45) is 2.54. The number of rotatable bonds is 6. The maximum Gasteiger partial charge on any atom is 0.418 e. The largest absolute Gasteiger partial charge is 0.418 e. The number of nitrogens with zero attached hydrogens (tertiary/aromatic N) is 1. The van der Waals surface area contributed by atoms with Crippen LogP contribution in [0.2, 0.25) is 0 Å². The Hall–Kier alpha value is -0.510. The van der Waals surface area contributed by atoms with Crippen molar-refractivity contribution < 1.29 is 22.0 Å². The average Bonchev–Trinajstić information content (AvgIpc) is 2.13. The van der Waals surface area contributed by atoms with Gasteiger partial charge in [0.25, 0.3) is 0 Å². The van der Waals surface area contributed by atoms with Gasteiger partial charge in [-0.25, -0.2) is 4.79 Å². The quantitative estimate of drug-likeness (QED) is 0.408. The minimum Gasteiger partial charge on any atom is -0.314 e. The predicted octanol–water partition coefficient (Wildman–Crippen LogP) is 0.463. The van der Waals surface area contributed by atoms with E-state index in [1.165, 1.54) is 16.7 Å². The van der Waals surface area contributed by atoms with Gasteiger partial charge in [0, 0.05) is 6.54 Å². The van der Waals surface area contributed by atoms with Gasteiger partial charge in [0.05, 0.1) is 5.88 Å². The Kier molecular flexibility index (Phi) is 6.65. The number of thioether (sulfide) groups is 1. The minimum absolute atomic E-state index is 0.411. The van der Waals surface area contributed by atoms with Crippen molar-refractivity contribution in [3.63, 3.8) is 0 Å². The summed E-state index contributed by atoms with van der Waals surface area (Å²) >= 11 is 1.41. The van der Waals surface area contributed by atoms with Crippen LogP contribution in [0.4, 0.5) is 4.79 Å². The molecule has 15 heavy (non-hydrogen) atoms. The van der Waals surface area contributed by atoms with Crippen LogP contribution in [0.5, 0.6) is 0 Å². The van der Waals surface area contributed by atoms with Crippen molar-refractivity contribution >= 4 is 28.2 Å². The lowest BCUT2D eigenvalue weighted by molar-refractivity contribution is 0.141. The maximum atomic E-state index is 11.3. The van der Waals surface area contributed by atoms with E-state index in [-0.39, 0.29) is 0 Å². The van der Waals surface area contributed by atoms with Gasteiger partial charge in [-0.05, 0) is 12.7 Å². The summed E-state index contributed by atoms with van der Waals surface area (Å²) in [5.41, 5.74) is 1.63. The van der Waals surface area contributed by atoms with Gasteiger partial charge in [-0.15, -0.1) is 16.0 Å². The summed E-state index contributed by atoms with van der Waals surface area (Å²) in [6.45, 7) is 2.35. The molecular weight excluding hydrogens is 244 g/mol. The molecule has 90 valence electrons. The summed E-state index contributed by atoms with van der Waals surface area (Å²) in [7, 11) is -4.65. The molecule has 0 aromatic heterocycles. The monoisotopic (exact) mass is 258 g/mol. The van der Waals surface area contributed by atoms with Gasteiger partial charge in [0.2, 0.25) is 0 Å². The second-order valence-corrected chi connectivity index (χ2v) is 4.46. The maximum absolute atomic E-state index is 11.3. The summed E-state index contributed by atoms with van der Waals surface area (Å²) in [6, 6.07) is -0.705. The Labute approximate surface area is 93.1 Å². The lowest BCUT2D eigenvalue weighted by Gasteiger charge is -2.20. The number of amides is 2. The van der Waals surface area contributed by atoms with Crippen molar-refractivity contribution in [3.8, 4) is 0 Å². The number of hydrogen-bond acceptors (Lipinski definition) is 5. The van der Waals surface area contributed by atoms with E-state index in [2.05, 4.69) is 4.28 Å². The van der Waals surface area contributed by atoms with E-state index < -0.39 is 16.4 Å². The van der Waals surface area contributed by atoms with Crippen LogP contribution < -0.4 is 5.48 Å². The first-order chi connectivity index (χ1) is 6.90. The third-order valence-electron chi connectivity index (χ3n) is 1.30. The van der Waals surface area contributed by atoms with E-state index in [1.54, 1.807) is 11.7 Å². The highest BCUT2D eigenvalue weighted by Gasteiger charge is 2.14. The number of nitrogens with one attached hydrogen (secondary N) is 1. The van der Waals surface area contributed by atoms with E-state index in [4.69, 9.17) is 4.55 Å². The van der Waals surface area contributed by atoms with E-state index in [0.29, 0.717) is 12.4 Å². The zero-order chi connectivity index (χ0) is 11.9. The summed E-state index contributed by atoms with van der Waals surface area (Å²) in [5.74, 6) is 0.411. The van der Waals surface area contributed by atoms with Crippen molar-refractivity contribution in [1.82, 2.24) is 10.4 Å². The second kappa shape index (κ2) is 6.88. The summed E-state index contributed by atoms with van der Waals surface area (Å²) < 4.78 is 32.3. The van der Waals surface area contributed by atoms with Crippen LogP contribution in [-0.4, -0.2) is 42.6 Å². The van der Waals surface area contributed by atoms with Gasteiger partial charge < -0.3 is 4.90 Å². The number of hydrogen-bond donors (Lipinski definition) is 2. The summed E-state index contributed by atoms with van der Waals surface area (Å²) in [4.78, 5) is 12.6. The Balaban J connectivity index is 4.13. The standard InChI is InChI=1S/C6H14N2O5S2/c1-3-4-8(5-14-2)6(9)7-13-15(10,11)12/h3-5H2,1-2H3,(H,7,9)(H,10,11,12). The second-order valence-electron chi connectivity index (χ2n) is 2.60. The highest BCUT2D eigenvalue weighted by Crippen LogP contribution is 2.01. The molecule has 0 saturated heterocycles. The topological polar surface area (TPSA) is 95.9 Å². The minimum atomic E-state index is -4.65. The van der Waals surface area contributed by atoms with Crippen LogP contribution in [-0.2, 0) is 14.7 Å². The van der Waals surface area contributed by atoms with Gasteiger partial charge in [0.1, 0.15) is 0 Å². The molecule has 0 fully saturated rings. The first-order valence-corrected chi connectivity index (χ1v) is 6.86. The Morgan fingerprint density at radius 2 is 2.20 bits per heavy atom. The molecule has 7 nitrogen and oxygen atoms in total. The third kappa shape index (κ3) is 7.42. The highest BCUT2D eigenvalue weighted by molar-refractivity contribution is 7.98. The number of hydroxylamine groups is 1. The molecule has 0 unspecified atom stereocenters. The van der Waals surface area contributed by atoms with Crippen LogP contribution in [0, 0.1) is 0 Å². The van der Waals surface area contributed by atoms with Crippen LogP contribution in [0.15, 0.2) is 0 Å². The number of carbonyl (C=O) groups is 1. The number of carbonyl (C=O) groups excluding carboxylic acids is 1. The van der Waals surface area contributed by atoms with Gasteiger partial charge >= 0.3 is 16.4 Å². The van der Waals surface area contributed by atoms with Crippen LogP contribution >= 0.6 is 11.8 Å². The molecule has 0 radical (unpaired) electrons. The molecule has 0 aromatic rings. The van der Waals surface area contributed by atoms with Crippen LogP contribution in [0.3, 0.4) is 0 Å². The molecule has 0 aliphatic heterocycles. The zero-order valence-corrected chi connectivity index (χ0v) is 10.1. The fraction of sp³-hybridized carbons (Fsp3) is 0.833. The third-order valence-corrected chi connectivity index (χ3v) is 2.16. The Bertz CT molecular complexity index is 286. The van der Waals surface area contributed by atoms with Gasteiger partial charge in [-0.1, -0.05) is 6.92 Å². The molecule has 0 aliphatic rings. The summed E-state index contributed by atoms with van der Waals surface area (Å²) in [5, 5.41) is 0. The molecule has 2 N–H and O–H groups in total. The molecule has 0 aliphatic carbocycles. The van der Waals surface area contributed by atoms with Crippen molar-refractivity contribution in [2.45, 2.75) is 13.3 Å². The molecule has 0 atom stereocenters. The van der Waals surface area contributed by atoms with E-state index in [1.807, 2.05) is 6.92 Å². The lowest BCUT2D eigenvalue weighted by Crippen LogP contribution is -2.41. The van der Waals surface area contributed by atoms with Crippen molar-refractivity contribution in [3.05, 3.63) is 0 Å². The molecule has 9 heteroatoms. The van der Waals surface area contributed by atoms with Crippen molar-refractivity contribution in [1.29, 1.82) is 0 Å². The zero-order valence-electron chi connectivity index (χ0n) is 8.47. The molecule has 0 heterocycles. The number of urea groups is 1. The molecule has 0 spiro atoms. The van der Waals surface area contributed by atoms with Crippen LogP contribution in [0.1, 0.15) is 13.3 Å². The van der Waals surface area contributed by atoms with Gasteiger partial charge in [0.15, 0.2) is 0 Å². The first kappa shape index (κ1) is 14.5. The fourth-order valence-electron chi connectivity index (χ4n) is 0.803. The van der Waals surface area contributed by atoms with Gasteiger partial charge in [-0.2, -0.15) is 13.9 Å². The van der Waals surface area contributed by atoms with Gasteiger partial charge in [-0.3, -0.25) is 4.55 Å². The van der Waals surface area contributed by atoms with Crippen molar-refractivity contribution in [2.75, 3.05) is 18.7 Å². The molecule has 2 amide bonds. The normalized spacial score (nSPS) is 11.1. The van der Waals surface area contributed by atoms with E-state index in [9.17, 15) is 13.2 Å². The Morgan fingerprint density at radius 3 is 2.60 bits per heavy atom. The molecule has 0 bridgehead atoms. The lowest BCUT2D eigenvalue weighted by atomic mass is 10.4. The molecular formula is C6H14N2O5S2. The smallest absolute Gasteiger partial charge is 0.314 e. The molecule has 0 saturated carbocycles.